The molecule has 13 heavy (non-hydrogen) atoms. The molecule has 0 amide bonds. The van der Waals surface area contributed by atoms with Crippen molar-refractivity contribution in [3.63, 3.8) is 0 Å². The number of nitrogens with zero attached hydrogens (tertiary/aromatic N) is 1. The van der Waals surface area contributed by atoms with E-state index in [0.29, 0.717) is 0 Å². The van der Waals surface area contributed by atoms with Gasteiger partial charge in [-0.15, -0.1) is 0 Å². The Morgan fingerprint density at radius 3 is 2.54 bits per heavy atom. The summed E-state index contributed by atoms with van der Waals surface area (Å²) in [6.07, 6.45) is -1.87. The Balaban J connectivity index is 3.32. The highest BCUT2D eigenvalue weighted by Crippen LogP contribution is 2.29. The van der Waals surface area contributed by atoms with Gasteiger partial charge in [0.2, 0.25) is 5.95 Å². The van der Waals surface area contributed by atoms with Gasteiger partial charge < -0.3 is 11.5 Å². The van der Waals surface area contributed by atoms with Gasteiger partial charge >= 0.3 is 0 Å². The highest BCUT2D eigenvalue weighted by Gasteiger charge is 2.19. The summed E-state index contributed by atoms with van der Waals surface area (Å²) in [5, 5.41) is 0. The predicted octanol–water partition coefficient (Wildman–Crippen LogP) is 1.20. The van der Waals surface area contributed by atoms with Gasteiger partial charge in [0, 0.05) is 12.7 Å². The van der Waals surface area contributed by atoms with Gasteiger partial charge in [0.25, 0.3) is 6.43 Å². The zero-order valence-corrected chi connectivity index (χ0v) is 6.60. The van der Waals surface area contributed by atoms with Gasteiger partial charge in [-0.3, -0.25) is 0 Å². The number of nitrogen functional groups attached to an aromatic ring is 1. The smallest absolute Gasteiger partial charge is 0.266 e. The van der Waals surface area contributed by atoms with Crippen LogP contribution in [0.5, 0.6) is 0 Å². The highest BCUT2D eigenvalue weighted by molar-refractivity contribution is 5.50. The molecule has 0 aliphatic carbocycles. The third-order valence-corrected chi connectivity index (χ3v) is 1.63. The molecular formula is C7H8F3N3. The van der Waals surface area contributed by atoms with E-state index < -0.39 is 23.6 Å². The number of nitrogens with two attached hydrogens (primary N) is 2. The molecular weight excluding hydrogens is 183 g/mol. The Bertz CT molecular complexity index is 314. The fraction of sp³-hybridized carbons (Fsp3) is 0.286. The minimum Gasteiger partial charge on any atom is -0.395 e. The van der Waals surface area contributed by atoms with E-state index in [0.717, 1.165) is 6.20 Å². The summed E-state index contributed by atoms with van der Waals surface area (Å²) in [5.41, 5.74) is 9.12. The maximum Gasteiger partial charge on any atom is 0.266 e. The summed E-state index contributed by atoms with van der Waals surface area (Å²) in [7, 11) is 0. The topological polar surface area (TPSA) is 64.9 Å². The fourth-order valence-corrected chi connectivity index (χ4v) is 0.978. The lowest BCUT2D eigenvalue weighted by Crippen LogP contribution is -2.08. The van der Waals surface area contributed by atoms with E-state index in [4.69, 9.17) is 11.5 Å². The molecule has 72 valence electrons. The van der Waals surface area contributed by atoms with Crippen molar-refractivity contribution in [2.75, 3.05) is 5.73 Å². The zero-order valence-electron chi connectivity index (χ0n) is 6.60. The summed E-state index contributed by atoms with van der Waals surface area (Å²) in [6, 6.07) is 0. The third kappa shape index (κ3) is 1.72. The van der Waals surface area contributed by atoms with E-state index in [9.17, 15) is 13.2 Å². The quantitative estimate of drug-likeness (QED) is 0.690. The SMILES string of the molecule is NCc1cnc(F)c(N)c1C(F)F. The summed E-state index contributed by atoms with van der Waals surface area (Å²) < 4.78 is 37.3. The van der Waals surface area contributed by atoms with Crippen molar-refractivity contribution >= 4 is 5.69 Å². The first kappa shape index (κ1) is 9.79. The largest absolute Gasteiger partial charge is 0.395 e. The molecule has 0 fully saturated rings. The van der Waals surface area contributed by atoms with E-state index in [1.54, 1.807) is 0 Å². The Hall–Kier alpha value is -1.30. The maximum absolute atomic E-state index is 12.6. The molecule has 0 aromatic carbocycles. The van der Waals surface area contributed by atoms with Crippen LogP contribution < -0.4 is 11.5 Å². The molecule has 1 aromatic heterocycles. The lowest BCUT2D eigenvalue weighted by Gasteiger charge is -2.09. The number of pyridine rings is 1. The molecule has 1 aromatic rings. The normalized spacial score (nSPS) is 10.8. The average molecular weight is 191 g/mol. The number of alkyl halides is 2. The third-order valence-electron chi connectivity index (χ3n) is 1.63. The van der Waals surface area contributed by atoms with Crippen LogP contribution in [-0.2, 0) is 6.54 Å². The van der Waals surface area contributed by atoms with Crippen LogP contribution in [0.3, 0.4) is 0 Å². The van der Waals surface area contributed by atoms with Crippen molar-refractivity contribution in [2.45, 2.75) is 13.0 Å². The van der Waals surface area contributed by atoms with Crippen LogP contribution >= 0.6 is 0 Å². The first-order valence-electron chi connectivity index (χ1n) is 3.49. The molecule has 6 heteroatoms. The Morgan fingerprint density at radius 2 is 2.08 bits per heavy atom. The second-order valence-electron chi connectivity index (χ2n) is 2.41. The van der Waals surface area contributed by atoms with Gasteiger partial charge in [-0.25, -0.2) is 13.8 Å². The molecule has 1 rings (SSSR count). The van der Waals surface area contributed by atoms with Crippen molar-refractivity contribution in [1.29, 1.82) is 0 Å². The summed E-state index contributed by atoms with van der Waals surface area (Å²) in [5.74, 6) is -1.09. The van der Waals surface area contributed by atoms with E-state index in [1.807, 2.05) is 0 Å². The van der Waals surface area contributed by atoms with E-state index in [-0.39, 0.29) is 12.1 Å². The van der Waals surface area contributed by atoms with E-state index in [2.05, 4.69) is 4.98 Å². The Labute approximate surface area is 72.6 Å². The summed E-state index contributed by atoms with van der Waals surface area (Å²) in [4.78, 5) is 3.19. The van der Waals surface area contributed by atoms with Gasteiger partial charge in [-0.05, 0) is 5.56 Å². The van der Waals surface area contributed by atoms with E-state index >= 15 is 0 Å². The van der Waals surface area contributed by atoms with Crippen LogP contribution in [0.1, 0.15) is 17.6 Å². The summed E-state index contributed by atoms with van der Waals surface area (Å²) >= 11 is 0. The number of anilines is 1. The van der Waals surface area contributed by atoms with Gasteiger partial charge in [0.05, 0.1) is 11.3 Å². The molecule has 0 unspecified atom stereocenters. The molecule has 4 N–H and O–H groups in total. The minimum atomic E-state index is -2.84. The lowest BCUT2D eigenvalue weighted by molar-refractivity contribution is 0.150. The first-order valence-corrected chi connectivity index (χ1v) is 3.49. The maximum atomic E-state index is 12.6. The fourth-order valence-electron chi connectivity index (χ4n) is 0.978. The number of aromatic nitrogens is 1. The van der Waals surface area contributed by atoms with E-state index in [1.165, 1.54) is 0 Å². The molecule has 0 spiro atoms. The molecule has 0 atom stereocenters. The van der Waals surface area contributed by atoms with Crippen LogP contribution in [-0.4, -0.2) is 4.98 Å². The van der Waals surface area contributed by atoms with Crippen LogP contribution in [0.25, 0.3) is 0 Å². The Morgan fingerprint density at radius 1 is 1.46 bits per heavy atom. The zero-order chi connectivity index (χ0) is 10.0. The molecule has 0 saturated heterocycles. The van der Waals surface area contributed by atoms with Crippen molar-refractivity contribution in [2.24, 2.45) is 5.73 Å². The van der Waals surface area contributed by atoms with Gasteiger partial charge in [0.1, 0.15) is 0 Å². The van der Waals surface area contributed by atoms with Crippen molar-refractivity contribution in [3.05, 3.63) is 23.3 Å². The molecule has 1 heterocycles. The summed E-state index contributed by atoms with van der Waals surface area (Å²) in [6.45, 7) is -0.142. The van der Waals surface area contributed by atoms with Gasteiger partial charge in [-0.2, -0.15) is 4.39 Å². The number of halogens is 3. The number of rotatable bonds is 2. The molecule has 0 aliphatic rings. The van der Waals surface area contributed by atoms with Crippen LogP contribution in [0.15, 0.2) is 6.20 Å². The molecule has 0 saturated carbocycles. The monoisotopic (exact) mass is 191 g/mol. The van der Waals surface area contributed by atoms with Crippen LogP contribution in [0.4, 0.5) is 18.9 Å². The average Bonchev–Trinajstić information content (AvgIpc) is 2.08. The second kappa shape index (κ2) is 3.61. The number of hydrogen-bond acceptors (Lipinski definition) is 3. The van der Waals surface area contributed by atoms with Crippen molar-refractivity contribution < 1.29 is 13.2 Å². The molecule has 0 aliphatic heterocycles. The first-order chi connectivity index (χ1) is 6.07. The predicted molar refractivity (Wildman–Crippen MR) is 41.5 cm³/mol. The highest BCUT2D eigenvalue weighted by atomic mass is 19.3. The number of hydrogen-bond donors (Lipinski definition) is 2. The van der Waals surface area contributed by atoms with Gasteiger partial charge in [-0.1, -0.05) is 0 Å². The second-order valence-corrected chi connectivity index (χ2v) is 2.41. The molecule has 3 nitrogen and oxygen atoms in total. The Kier molecular flexibility index (Phi) is 2.72. The standard InChI is InChI=1S/C7H8F3N3/c8-6(9)4-3(1-11)2-13-7(10)5(4)12/h2,6H,1,11-12H2. The van der Waals surface area contributed by atoms with Crippen molar-refractivity contribution in [3.8, 4) is 0 Å². The van der Waals surface area contributed by atoms with Gasteiger partial charge in [0.15, 0.2) is 0 Å². The van der Waals surface area contributed by atoms with Crippen LogP contribution in [0, 0.1) is 5.95 Å². The van der Waals surface area contributed by atoms with Crippen LogP contribution in [0.2, 0.25) is 0 Å². The lowest BCUT2D eigenvalue weighted by atomic mass is 10.1. The van der Waals surface area contributed by atoms with Crippen molar-refractivity contribution in [1.82, 2.24) is 4.98 Å². The minimum absolute atomic E-state index is 0.0638. The molecule has 0 radical (unpaired) electrons. The molecule has 0 bridgehead atoms.